The van der Waals surface area contributed by atoms with Gasteiger partial charge in [0.25, 0.3) is 5.56 Å². The minimum atomic E-state index is -0.477. The Hall–Kier alpha value is -1.83. The molecule has 0 amide bonds. The molecule has 1 aliphatic carbocycles. The van der Waals surface area contributed by atoms with Gasteiger partial charge in [-0.05, 0) is 30.6 Å². The number of esters is 2. The number of hydrogen-bond donors (Lipinski definition) is 1. The Kier molecular flexibility index (Phi) is 7.89. The summed E-state index contributed by atoms with van der Waals surface area (Å²) in [5, 5.41) is 0.288. The third-order valence-electron chi connectivity index (χ3n) is 4.90. The molecule has 1 saturated carbocycles. The van der Waals surface area contributed by atoms with E-state index in [9.17, 15) is 14.4 Å². The molecule has 1 aromatic rings. The molecule has 1 fully saturated rings. The van der Waals surface area contributed by atoms with Gasteiger partial charge in [-0.15, -0.1) is 0 Å². The average Bonchev–Trinajstić information content (AvgIpc) is 2.59. The highest BCUT2D eigenvalue weighted by molar-refractivity contribution is 7.99. The number of hydrogen-bond acceptors (Lipinski definition) is 7. The number of carbonyl (C=O) groups is 2. The van der Waals surface area contributed by atoms with Crippen molar-refractivity contribution in [3.63, 3.8) is 0 Å². The summed E-state index contributed by atoms with van der Waals surface area (Å²) in [7, 11) is 1.28. The van der Waals surface area contributed by atoms with Crippen LogP contribution >= 0.6 is 11.8 Å². The molecule has 1 heterocycles. The molecule has 1 N–H and O–H groups in total. The fourth-order valence-corrected chi connectivity index (χ4v) is 4.12. The van der Waals surface area contributed by atoms with Crippen molar-refractivity contribution in [2.24, 2.45) is 17.8 Å². The summed E-state index contributed by atoms with van der Waals surface area (Å²) < 4.78 is 10.3. The molecule has 0 saturated heterocycles. The number of aromatic amines is 1. The van der Waals surface area contributed by atoms with E-state index in [0.29, 0.717) is 23.4 Å². The van der Waals surface area contributed by atoms with E-state index in [1.54, 1.807) is 0 Å². The SMILES string of the molecule is COC(=O)Cc1cc(=O)[nH]c(SCC(=O)O[C@@H]2C[C@@H](C)CC[C@@H]2C(C)C)n1. The van der Waals surface area contributed by atoms with Crippen LogP contribution in [0.4, 0.5) is 0 Å². The first-order chi connectivity index (χ1) is 12.8. The quantitative estimate of drug-likeness (QED) is 0.430. The van der Waals surface area contributed by atoms with Gasteiger partial charge < -0.3 is 14.5 Å². The summed E-state index contributed by atoms with van der Waals surface area (Å²) in [6.07, 6.45) is 3.00. The van der Waals surface area contributed by atoms with Gasteiger partial charge in [-0.1, -0.05) is 39.0 Å². The number of H-pyrrole nitrogens is 1. The number of nitrogens with one attached hydrogen (secondary N) is 1. The third kappa shape index (κ3) is 6.68. The van der Waals surface area contributed by atoms with Gasteiger partial charge in [0, 0.05) is 6.07 Å². The summed E-state index contributed by atoms with van der Waals surface area (Å²) in [5.74, 6) is 0.673. The molecule has 8 heteroatoms. The molecule has 0 bridgehead atoms. The highest BCUT2D eigenvalue weighted by Crippen LogP contribution is 2.35. The lowest BCUT2D eigenvalue weighted by atomic mass is 9.75. The number of carbonyl (C=O) groups excluding carboxylic acids is 2. The first-order valence-corrected chi connectivity index (χ1v) is 10.3. The Morgan fingerprint density at radius 3 is 2.74 bits per heavy atom. The molecule has 0 spiro atoms. The molecule has 3 atom stereocenters. The Morgan fingerprint density at radius 1 is 1.33 bits per heavy atom. The lowest BCUT2D eigenvalue weighted by Crippen LogP contribution is -2.36. The van der Waals surface area contributed by atoms with Crippen LogP contribution in [0.5, 0.6) is 0 Å². The minimum Gasteiger partial charge on any atom is -0.469 e. The molecule has 1 aliphatic rings. The van der Waals surface area contributed by atoms with Crippen molar-refractivity contribution in [3.8, 4) is 0 Å². The Morgan fingerprint density at radius 2 is 2.07 bits per heavy atom. The standard InChI is InChI=1S/C19H28N2O5S/c1-11(2)14-6-5-12(3)7-15(14)26-18(24)10-27-19-20-13(8-16(22)21-19)9-17(23)25-4/h8,11-12,14-15H,5-7,9-10H2,1-4H3,(H,20,21,22)/t12-,14+,15+/m0/s1. The Balaban J connectivity index is 1.94. The van der Waals surface area contributed by atoms with E-state index in [2.05, 4.69) is 35.5 Å². The maximum absolute atomic E-state index is 12.3. The first-order valence-electron chi connectivity index (χ1n) is 9.27. The van der Waals surface area contributed by atoms with Gasteiger partial charge >= 0.3 is 11.9 Å². The van der Waals surface area contributed by atoms with Crippen molar-refractivity contribution in [2.75, 3.05) is 12.9 Å². The fourth-order valence-electron chi connectivity index (χ4n) is 3.44. The summed E-state index contributed by atoms with van der Waals surface area (Å²) in [6, 6.07) is 1.25. The van der Waals surface area contributed by atoms with Crippen LogP contribution in [0.3, 0.4) is 0 Å². The van der Waals surface area contributed by atoms with E-state index in [4.69, 9.17) is 4.74 Å². The molecule has 27 heavy (non-hydrogen) atoms. The van der Waals surface area contributed by atoms with E-state index >= 15 is 0 Å². The topological polar surface area (TPSA) is 98.4 Å². The van der Waals surface area contributed by atoms with Gasteiger partial charge in [-0.25, -0.2) is 4.98 Å². The van der Waals surface area contributed by atoms with Crippen LogP contribution in [0.1, 0.15) is 45.7 Å². The lowest BCUT2D eigenvalue weighted by Gasteiger charge is -2.36. The molecule has 0 aromatic carbocycles. The molecule has 0 unspecified atom stereocenters. The highest BCUT2D eigenvalue weighted by Gasteiger charge is 2.33. The van der Waals surface area contributed by atoms with Crippen LogP contribution in [0.15, 0.2) is 16.0 Å². The molecule has 150 valence electrons. The maximum Gasteiger partial charge on any atom is 0.316 e. The van der Waals surface area contributed by atoms with Crippen molar-refractivity contribution < 1.29 is 19.1 Å². The fraction of sp³-hybridized carbons (Fsp3) is 0.684. The smallest absolute Gasteiger partial charge is 0.316 e. The second-order valence-electron chi connectivity index (χ2n) is 7.44. The molecule has 0 radical (unpaired) electrons. The van der Waals surface area contributed by atoms with Crippen molar-refractivity contribution in [3.05, 3.63) is 22.1 Å². The summed E-state index contributed by atoms with van der Waals surface area (Å²) in [6.45, 7) is 6.52. The van der Waals surface area contributed by atoms with Crippen LogP contribution in [0.2, 0.25) is 0 Å². The second-order valence-corrected chi connectivity index (χ2v) is 8.40. The minimum absolute atomic E-state index is 0.0559. The van der Waals surface area contributed by atoms with E-state index in [1.165, 1.54) is 19.6 Å². The van der Waals surface area contributed by atoms with E-state index < -0.39 is 5.97 Å². The predicted octanol–water partition coefficient (Wildman–Crippen LogP) is 2.58. The Bertz CT molecular complexity index is 718. The van der Waals surface area contributed by atoms with Crippen LogP contribution in [-0.2, 0) is 25.5 Å². The van der Waals surface area contributed by atoms with Crippen LogP contribution in [0.25, 0.3) is 0 Å². The van der Waals surface area contributed by atoms with Gasteiger partial charge in [-0.2, -0.15) is 0 Å². The molecule has 2 rings (SSSR count). The third-order valence-corrected chi connectivity index (χ3v) is 5.74. The summed E-state index contributed by atoms with van der Waals surface area (Å²) in [5.41, 5.74) is -0.0665. The molecule has 0 aliphatic heterocycles. The van der Waals surface area contributed by atoms with Gasteiger partial charge in [0.15, 0.2) is 5.16 Å². The summed E-state index contributed by atoms with van der Waals surface area (Å²) in [4.78, 5) is 42.1. The van der Waals surface area contributed by atoms with E-state index in [1.807, 2.05) is 0 Å². The molecular formula is C19H28N2O5S. The number of rotatable bonds is 7. The van der Waals surface area contributed by atoms with Crippen molar-refractivity contribution in [2.45, 2.75) is 57.7 Å². The molecular weight excluding hydrogens is 368 g/mol. The predicted molar refractivity (Wildman–Crippen MR) is 103 cm³/mol. The average molecular weight is 397 g/mol. The number of nitrogens with zero attached hydrogens (tertiary/aromatic N) is 1. The monoisotopic (exact) mass is 396 g/mol. The van der Waals surface area contributed by atoms with Crippen molar-refractivity contribution in [1.82, 2.24) is 9.97 Å². The van der Waals surface area contributed by atoms with E-state index in [-0.39, 0.29) is 35.0 Å². The highest BCUT2D eigenvalue weighted by atomic mass is 32.2. The van der Waals surface area contributed by atoms with Crippen molar-refractivity contribution >= 4 is 23.7 Å². The maximum atomic E-state index is 12.3. The van der Waals surface area contributed by atoms with Crippen LogP contribution in [-0.4, -0.2) is 40.9 Å². The number of methoxy groups -OCH3 is 1. The first kappa shape index (κ1) is 21.5. The largest absolute Gasteiger partial charge is 0.469 e. The van der Waals surface area contributed by atoms with Gasteiger partial charge in [-0.3, -0.25) is 14.4 Å². The number of aromatic nitrogens is 2. The zero-order valence-corrected chi connectivity index (χ0v) is 17.1. The number of thioether (sulfide) groups is 1. The van der Waals surface area contributed by atoms with Crippen molar-refractivity contribution in [1.29, 1.82) is 0 Å². The van der Waals surface area contributed by atoms with E-state index in [0.717, 1.165) is 24.6 Å². The lowest BCUT2D eigenvalue weighted by molar-refractivity contribution is -0.152. The van der Waals surface area contributed by atoms with Gasteiger partial charge in [0.1, 0.15) is 6.10 Å². The second kappa shape index (κ2) is 9.92. The van der Waals surface area contributed by atoms with Crippen LogP contribution in [0, 0.1) is 17.8 Å². The zero-order valence-electron chi connectivity index (χ0n) is 16.3. The van der Waals surface area contributed by atoms with Gasteiger partial charge in [0.2, 0.25) is 0 Å². The zero-order chi connectivity index (χ0) is 20.0. The molecule has 1 aromatic heterocycles. The molecule has 7 nitrogen and oxygen atoms in total. The normalized spacial score (nSPS) is 22.5. The van der Waals surface area contributed by atoms with Crippen LogP contribution < -0.4 is 5.56 Å². The van der Waals surface area contributed by atoms with Gasteiger partial charge in [0.05, 0.1) is 25.0 Å². The summed E-state index contributed by atoms with van der Waals surface area (Å²) >= 11 is 1.10. The number of ether oxygens (including phenoxy) is 2. The Labute approximate surface area is 163 Å².